The first-order chi connectivity index (χ1) is 22.7. The second kappa shape index (κ2) is 32.7. The van der Waals surface area contributed by atoms with E-state index < -0.39 is 0 Å². The Kier molecular flexibility index (Phi) is 30.7. The number of hydrogen-bond donors (Lipinski definition) is 0. The maximum absolute atomic E-state index is 6.22. The van der Waals surface area contributed by atoms with E-state index in [-0.39, 0.29) is 5.60 Å². The fourth-order valence-electron chi connectivity index (χ4n) is 7.47. The summed E-state index contributed by atoms with van der Waals surface area (Å²) < 4.78 is 6.22. The molecule has 0 amide bonds. The highest BCUT2D eigenvalue weighted by Gasteiger charge is 2.27. The van der Waals surface area contributed by atoms with Gasteiger partial charge in [-0.15, -0.1) is 0 Å². The van der Waals surface area contributed by atoms with Crippen molar-refractivity contribution < 1.29 is 4.74 Å². The Labute approximate surface area is 291 Å². The van der Waals surface area contributed by atoms with E-state index in [2.05, 4.69) is 45.0 Å². The van der Waals surface area contributed by atoms with E-state index in [9.17, 15) is 0 Å². The summed E-state index contributed by atoms with van der Waals surface area (Å²) in [7, 11) is 1.93. The predicted molar refractivity (Wildman–Crippen MR) is 208 cm³/mol. The largest absolute Gasteiger partial charge is 0.374 e. The Hall–Kier alpha value is -0.820. The first-order valence-corrected chi connectivity index (χ1v) is 21.3. The minimum Gasteiger partial charge on any atom is -0.374 e. The summed E-state index contributed by atoms with van der Waals surface area (Å²) in [6.07, 6.45) is 48.0. The van der Waals surface area contributed by atoms with Crippen LogP contribution in [0, 0.1) is 0 Å². The summed E-state index contributed by atoms with van der Waals surface area (Å²) in [6.45, 7) is 6.95. The summed E-state index contributed by atoms with van der Waals surface area (Å²) >= 11 is 0. The zero-order valence-corrected chi connectivity index (χ0v) is 32.3. The maximum Gasteiger partial charge on any atom is 0.0902 e. The Morgan fingerprint density at radius 3 is 1.07 bits per heavy atom. The van der Waals surface area contributed by atoms with Gasteiger partial charge in [-0.3, -0.25) is 0 Å². The molecule has 0 aliphatic carbocycles. The molecule has 1 aromatic rings. The Morgan fingerprint density at radius 2 is 0.717 bits per heavy atom. The lowest BCUT2D eigenvalue weighted by Gasteiger charge is -2.31. The molecule has 1 heteroatoms. The summed E-state index contributed by atoms with van der Waals surface area (Å²) in [6, 6.07) is 9.16. The number of methoxy groups -OCH3 is 1. The van der Waals surface area contributed by atoms with Crippen LogP contribution < -0.4 is 0 Å². The molecule has 0 saturated carbocycles. The van der Waals surface area contributed by atoms with E-state index in [1.807, 2.05) is 7.11 Å². The van der Waals surface area contributed by atoms with Crippen LogP contribution in [0.1, 0.15) is 244 Å². The van der Waals surface area contributed by atoms with Crippen LogP contribution in [0.5, 0.6) is 0 Å². The molecule has 0 saturated heterocycles. The van der Waals surface area contributed by atoms with Crippen LogP contribution in [0.15, 0.2) is 24.3 Å². The fraction of sp³-hybridized carbons (Fsp3) is 0.867. The molecule has 1 aromatic carbocycles. The van der Waals surface area contributed by atoms with E-state index in [0.717, 1.165) is 6.42 Å². The monoisotopic (exact) mass is 641 g/mol. The molecule has 0 radical (unpaired) electrons. The van der Waals surface area contributed by atoms with Gasteiger partial charge in [0.1, 0.15) is 0 Å². The van der Waals surface area contributed by atoms with E-state index in [1.54, 1.807) is 0 Å². The van der Waals surface area contributed by atoms with Crippen LogP contribution >= 0.6 is 0 Å². The zero-order valence-electron chi connectivity index (χ0n) is 32.3. The molecular weight excluding hydrogens is 556 g/mol. The van der Waals surface area contributed by atoms with Crippen molar-refractivity contribution >= 4 is 0 Å². The minimum atomic E-state index is -0.151. The van der Waals surface area contributed by atoms with Gasteiger partial charge in [0.15, 0.2) is 0 Å². The lowest BCUT2D eigenvalue weighted by atomic mass is 9.85. The highest BCUT2D eigenvalue weighted by atomic mass is 16.5. The first-order valence-electron chi connectivity index (χ1n) is 21.3. The van der Waals surface area contributed by atoms with Gasteiger partial charge in [0, 0.05) is 7.11 Å². The third-order valence-electron chi connectivity index (χ3n) is 10.8. The summed E-state index contributed by atoms with van der Waals surface area (Å²) in [4.78, 5) is 0. The van der Waals surface area contributed by atoms with Crippen LogP contribution in [0.2, 0.25) is 0 Å². The van der Waals surface area contributed by atoms with E-state index in [4.69, 9.17) is 4.74 Å². The molecule has 0 aliphatic heterocycles. The van der Waals surface area contributed by atoms with Crippen molar-refractivity contribution in [2.75, 3.05) is 7.11 Å². The molecule has 1 nitrogen and oxygen atoms in total. The molecule has 1 unspecified atom stereocenters. The maximum atomic E-state index is 6.22. The quantitative estimate of drug-likeness (QED) is 0.0663. The third-order valence-corrected chi connectivity index (χ3v) is 10.8. The van der Waals surface area contributed by atoms with Gasteiger partial charge in [0.25, 0.3) is 0 Å². The summed E-state index contributed by atoms with van der Waals surface area (Å²) in [5.74, 6) is 0. The minimum absolute atomic E-state index is 0.151. The number of hydrogen-bond acceptors (Lipinski definition) is 1. The average Bonchev–Trinajstić information content (AvgIpc) is 3.08. The molecule has 0 bridgehead atoms. The lowest BCUT2D eigenvalue weighted by molar-refractivity contribution is -0.00834. The fourth-order valence-corrected chi connectivity index (χ4v) is 7.47. The SMILES string of the molecule is CCCCCCCCCCCCCCCCCCc1ccccc1C(C)(CCCCCCCCCCCCCCCCCC)OC. The Bertz CT molecular complexity index is 740. The van der Waals surface area contributed by atoms with Crippen molar-refractivity contribution in [3.63, 3.8) is 0 Å². The van der Waals surface area contributed by atoms with E-state index in [0.29, 0.717) is 0 Å². The molecule has 1 rings (SSSR count). The second-order valence-electron chi connectivity index (χ2n) is 15.2. The van der Waals surface area contributed by atoms with Gasteiger partial charge >= 0.3 is 0 Å². The molecule has 0 aromatic heterocycles. The molecule has 0 N–H and O–H groups in total. The van der Waals surface area contributed by atoms with Crippen molar-refractivity contribution in [3.8, 4) is 0 Å². The summed E-state index contributed by atoms with van der Waals surface area (Å²) in [5.41, 5.74) is 2.81. The molecule has 0 aliphatic rings. The van der Waals surface area contributed by atoms with Crippen LogP contribution in [0.3, 0.4) is 0 Å². The molecule has 270 valence electrons. The van der Waals surface area contributed by atoms with Crippen molar-refractivity contribution in [1.82, 2.24) is 0 Å². The zero-order chi connectivity index (χ0) is 33.2. The van der Waals surface area contributed by atoms with Crippen molar-refractivity contribution in [1.29, 1.82) is 0 Å². The van der Waals surface area contributed by atoms with Crippen LogP contribution in [-0.2, 0) is 16.8 Å². The topological polar surface area (TPSA) is 9.23 Å². The van der Waals surface area contributed by atoms with Gasteiger partial charge in [-0.25, -0.2) is 0 Å². The van der Waals surface area contributed by atoms with E-state index in [1.165, 1.54) is 223 Å². The number of rotatable bonds is 36. The predicted octanol–water partition coefficient (Wildman–Crippen LogP) is 16.0. The average molecular weight is 641 g/mol. The third kappa shape index (κ3) is 24.3. The molecule has 1 atom stereocenters. The second-order valence-corrected chi connectivity index (χ2v) is 15.2. The van der Waals surface area contributed by atoms with Gasteiger partial charge in [-0.2, -0.15) is 0 Å². The van der Waals surface area contributed by atoms with Crippen LogP contribution in [-0.4, -0.2) is 7.11 Å². The molecule has 0 fully saturated rings. The standard InChI is InChI=1S/C45H84O/c1-5-7-9-11-13-15-17-19-21-23-25-27-29-31-33-35-39-43-40-36-37-41-44(43)45(3,46-4)42-38-34-32-30-28-26-24-22-20-18-16-14-12-10-8-6-2/h36-37,40-41H,5-35,38-39,42H2,1-4H3. The van der Waals surface area contributed by atoms with Gasteiger partial charge in [-0.1, -0.05) is 237 Å². The highest BCUT2D eigenvalue weighted by molar-refractivity contribution is 5.32. The highest BCUT2D eigenvalue weighted by Crippen LogP contribution is 2.34. The summed E-state index contributed by atoms with van der Waals surface area (Å²) in [5, 5.41) is 0. The molecule has 46 heavy (non-hydrogen) atoms. The van der Waals surface area contributed by atoms with Gasteiger partial charge in [-0.05, 0) is 37.3 Å². The Balaban J connectivity index is 2.08. The van der Waals surface area contributed by atoms with Crippen molar-refractivity contribution in [2.45, 2.75) is 245 Å². The number of unbranched alkanes of at least 4 members (excludes halogenated alkanes) is 30. The van der Waals surface area contributed by atoms with Gasteiger partial charge in [0.2, 0.25) is 0 Å². The van der Waals surface area contributed by atoms with Gasteiger partial charge < -0.3 is 4.74 Å². The molecular formula is C45H84O. The van der Waals surface area contributed by atoms with E-state index >= 15 is 0 Å². The number of aryl methyl sites for hydroxylation is 1. The van der Waals surface area contributed by atoms with Crippen molar-refractivity contribution in [3.05, 3.63) is 35.4 Å². The lowest BCUT2D eigenvalue weighted by Crippen LogP contribution is -2.26. The van der Waals surface area contributed by atoms with Crippen LogP contribution in [0.4, 0.5) is 0 Å². The normalized spacial score (nSPS) is 13.0. The Morgan fingerprint density at radius 1 is 0.413 bits per heavy atom. The van der Waals surface area contributed by atoms with Crippen molar-refractivity contribution in [2.24, 2.45) is 0 Å². The van der Waals surface area contributed by atoms with Gasteiger partial charge in [0.05, 0.1) is 5.60 Å². The number of benzene rings is 1. The smallest absolute Gasteiger partial charge is 0.0902 e. The number of ether oxygens (including phenoxy) is 1. The molecule has 0 heterocycles. The molecule has 0 spiro atoms. The van der Waals surface area contributed by atoms with Crippen LogP contribution in [0.25, 0.3) is 0 Å². The first kappa shape index (κ1) is 43.2.